The number of esters is 1. The number of carbonyl (C=O) groups excluding carboxylic acids is 1. The van der Waals surface area contributed by atoms with Gasteiger partial charge in [0, 0.05) is 6.54 Å². The molecule has 1 aliphatic rings. The zero-order valence-corrected chi connectivity index (χ0v) is 9.40. The fraction of sp³-hybridized carbons (Fsp3) is 0.818. The van der Waals surface area contributed by atoms with Gasteiger partial charge in [-0.3, -0.25) is 9.69 Å². The van der Waals surface area contributed by atoms with Gasteiger partial charge >= 0.3 is 5.97 Å². The Morgan fingerprint density at radius 1 is 1.60 bits per heavy atom. The summed E-state index contributed by atoms with van der Waals surface area (Å²) in [5, 5.41) is 8.91. The minimum absolute atomic E-state index is 0.0807. The second-order valence-electron chi connectivity index (χ2n) is 4.15. The van der Waals surface area contributed by atoms with Crippen LogP contribution in [-0.4, -0.2) is 36.1 Å². The van der Waals surface area contributed by atoms with Crippen molar-refractivity contribution >= 4 is 5.97 Å². The van der Waals surface area contributed by atoms with E-state index in [0.29, 0.717) is 0 Å². The van der Waals surface area contributed by atoms with Gasteiger partial charge in [0.05, 0.1) is 24.8 Å². The van der Waals surface area contributed by atoms with Crippen LogP contribution in [0.15, 0.2) is 0 Å². The molecule has 1 saturated heterocycles. The average Bonchev–Trinajstić information content (AvgIpc) is 2.17. The molecule has 0 spiro atoms. The lowest BCUT2D eigenvalue weighted by Crippen LogP contribution is -2.42. The van der Waals surface area contributed by atoms with Gasteiger partial charge in [-0.2, -0.15) is 5.26 Å². The third kappa shape index (κ3) is 3.88. The molecule has 84 valence electrons. The lowest BCUT2D eigenvalue weighted by atomic mass is 10.0. The highest BCUT2D eigenvalue weighted by atomic mass is 16.5. The molecule has 1 rings (SSSR count). The number of piperidine rings is 1. The fourth-order valence-electron chi connectivity index (χ4n) is 1.79. The van der Waals surface area contributed by atoms with Gasteiger partial charge in [-0.1, -0.05) is 0 Å². The molecule has 0 radical (unpaired) electrons. The molecule has 0 N–H and O–H groups in total. The highest BCUT2D eigenvalue weighted by Crippen LogP contribution is 2.15. The van der Waals surface area contributed by atoms with Crippen molar-refractivity contribution < 1.29 is 9.53 Å². The van der Waals surface area contributed by atoms with Crippen molar-refractivity contribution in [2.75, 3.05) is 13.1 Å². The van der Waals surface area contributed by atoms with Crippen molar-refractivity contribution in [2.24, 2.45) is 0 Å². The quantitative estimate of drug-likeness (QED) is 0.659. The Hall–Kier alpha value is -1.08. The summed E-state index contributed by atoms with van der Waals surface area (Å²) in [5.74, 6) is -0.229. The summed E-state index contributed by atoms with van der Waals surface area (Å²) in [7, 11) is 0. The van der Waals surface area contributed by atoms with Crippen LogP contribution >= 0.6 is 0 Å². The Morgan fingerprint density at radius 3 is 2.93 bits per heavy atom. The molecule has 4 heteroatoms. The molecular weight excluding hydrogens is 192 g/mol. The number of rotatable bonds is 3. The second kappa shape index (κ2) is 5.72. The highest BCUT2D eigenvalue weighted by molar-refractivity contribution is 5.71. The minimum Gasteiger partial charge on any atom is -0.462 e. The monoisotopic (exact) mass is 210 g/mol. The molecule has 0 aromatic heterocycles. The number of likely N-dealkylation sites (tertiary alicyclic amines) is 1. The smallest absolute Gasteiger partial charge is 0.320 e. The number of hydrogen-bond donors (Lipinski definition) is 0. The van der Waals surface area contributed by atoms with Gasteiger partial charge in [-0.05, 0) is 33.1 Å². The van der Waals surface area contributed by atoms with Gasteiger partial charge in [-0.15, -0.1) is 0 Å². The average molecular weight is 210 g/mol. The summed E-state index contributed by atoms with van der Waals surface area (Å²) in [4.78, 5) is 13.3. The molecule has 1 aliphatic heterocycles. The normalized spacial score (nSPS) is 22.4. The molecule has 1 heterocycles. The van der Waals surface area contributed by atoms with E-state index in [1.165, 1.54) is 0 Å². The van der Waals surface area contributed by atoms with Crippen LogP contribution in [-0.2, 0) is 9.53 Å². The zero-order chi connectivity index (χ0) is 11.3. The largest absolute Gasteiger partial charge is 0.462 e. The van der Waals surface area contributed by atoms with Crippen LogP contribution in [0.5, 0.6) is 0 Å². The van der Waals surface area contributed by atoms with Gasteiger partial charge in [0.2, 0.25) is 0 Å². The van der Waals surface area contributed by atoms with E-state index in [1.807, 2.05) is 18.7 Å². The summed E-state index contributed by atoms with van der Waals surface area (Å²) in [6.45, 7) is 4.73. The van der Waals surface area contributed by atoms with Crippen LogP contribution in [0.2, 0.25) is 0 Å². The van der Waals surface area contributed by atoms with E-state index in [4.69, 9.17) is 10.00 Å². The summed E-state index contributed by atoms with van der Waals surface area (Å²) in [6, 6.07) is 2.12. The summed E-state index contributed by atoms with van der Waals surface area (Å²) in [5.41, 5.74) is 0. The maximum absolute atomic E-state index is 11.4. The predicted octanol–water partition coefficient (Wildman–Crippen LogP) is 1.32. The molecule has 1 atom stereocenters. The third-order valence-corrected chi connectivity index (χ3v) is 2.46. The number of nitriles is 1. The predicted molar refractivity (Wildman–Crippen MR) is 56.1 cm³/mol. The van der Waals surface area contributed by atoms with Crippen LogP contribution in [0, 0.1) is 11.3 Å². The van der Waals surface area contributed by atoms with Crippen LogP contribution in [0.3, 0.4) is 0 Å². The van der Waals surface area contributed by atoms with Crippen LogP contribution in [0.1, 0.15) is 33.1 Å². The van der Waals surface area contributed by atoms with Crippen LogP contribution in [0.25, 0.3) is 0 Å². The van der Waals surface area contributed by atoms with Crippen molar-refractivity contribution in [3.05, 3.63) is 0 Å². The van der Waals surface area contributed by atoms with E-state index in [9.17, 15) is 4.79 Å². The van der Waals surface area contributed by atoms with E-state index >= 15 is 0 Å². The first-order valence-electron chi connectivity index (χ1n) is 5.46. The molecule has 1 fully saturated rings. The summed E-state index contributed by atoms with van der Waals surface area (Å²) >= 11 is 0. The molecule has 0 bridgehead atoms. The molecule has 15 heavy (non-hydrogen) atoms. The summed E-state index contributed by atoms with van der Waals surface area (Å²) < 4.78 is 5.06. The standard InChI is InChI=1S/C11H18N2O2/c1-9(2)15-11(14)8-13-6-4-3-5-10(13)7-12/h9-10H,3-6,8H2,1-2H3. The number of hydrogen-bond acceptors (Lipinski definition) is 4. The van der Waals surface area contributed by atoms with Crippen LogP contribution in [0.4, 0.5) is 0 Å². The van der Waals surface area contributed by atoms with Crippen molar-refractivity contribution in [3.8, 4) is 6.07 Å². The minimum atomic E-state index is -0.229. The molecule has 0 amide bonds. The maximum atomic E-state index is 11.4. The first kappa shape index (κ1) is 12.0. The lowest BCUT2D eigenvalue weighted by molar-refractivity contribution is -0.149. The van der Waals surface area contributed by atoms with Crippen LogP contribution < -0.4 is 0 Å². The molecule has 0 aliphatic carbocycles. The first-order chi connectivity index (χ1) is 7.13. The van der Waals surface area contributed by atoms with Gasteiger partial charge in [-0.25, -0.2) is 0 Å². The Kier molecular flexibility index (Phi) is 4.57. The van der Waals surface area contributed by atoms with E-state index in [1.54, 1.807) is 0 Å². The SMILES string of the molecule is CC(C)OC(=O)CN1CCCCC1C#N. The number of ether oxygens (including phenoxy) is 1. The Labute approximate surface area is 90.8 Å². The Balaban J connectivity index is 2.42. The molecule has 0 aromatic rings. The van der Waals surface area contributed by atoms with Crippen molar-refractivity contribution in [3.63, 3.8) is 0 Å². The van der Waals surface area contributed by atoms with E-state index in [0.717, 1.165) is 25.8 Å². The highest BCUT2D eigenvalue weighted by Gasteiger charge is 2.24. The molecule has 4 nitrogen and oxygen atoms in total. The van der Waals surface area contributed by atoms with Gasteiger partial charge in [0.1, 0.15) is 0 Å². The molecular formula is C11H18N2O2. The van der Waals surface area contributed by atoms with Gasteiger partial charge in [0.25, 0.3) is 0 Å². The first-order valence-corrected chi connectivity index (χ1v) is 5.46. The topological polar surface area (TPSA) is 53.3 Å². The maximum Gasteiger partial charge on any atom is 0.320 e. The van der Waals surface area contributed by atoms with Gasteiger partial charge < -0.3 is 4.74 Å². The Bertz CT molecular complexity index is 258. The second-order valence-corrected chi connectivity index (χ2v) is 4.15. The van der Waals surface area contributed by atoms with E-state index < -0.39 is 0 Å². The third-order valence-electron chi connectivity index (χ3n) is 2.46. The van der Waals surface area contributed by atoms with Crippen molar-refractivity contribution in [1.82, 2.24) is 4.90 Å². The zero-order valence-electron chi connectivity index (χ0n) is 9.40. The van der Waals surface area contributed by atoms with Crippen molar-refractivity contribution in [1.29, 1.82) is 5.26 Å². The molecule has 0 saturated carbocycles. The molecule has 1 unspecified atom stereocenters. The van der Waals surface area contributed by atoms with E-state index in [2.05, 4.69) is 6.07 Å². The Morgan fingerprint density at radius 2 is 2.33 bits per heavy atom. The number of nitrogens with zero attached hydrogens (tertiary/aromatic N) is 2. The van der Waals surface area contributed by atoms with Gasteiger partial charge in [0.15, 0.2) is 0 Å². The van der Waals surface area contributed by atoms with E-state index in [-0.39, 0.29) is 24.7 Å². The summed E-state index contributed by atoms with van der Waals surface area (Å²) in [6.07, 6.45) is 2.93. The lowest BCUT2D eigenvalue weighted by Gasteiger charge is -2.30. The van der Waals surface area contributed by atoms with Crippen molar-refractivity contribution in [2.45, 2.75) is 45.3 Å². The molecule has 0 aromatic carbocycles. The number of carbonyl (C=O) groups is 1. The fourth-order valence-corrected chi connectivity index (χ4v) is 1.79.